The lowest BCUT2D eigenvalue weighted by Gasteiger charge is -2.11. The average Bonchev–Trinajstić information content (AvgIpc) is 2.70. The number of hydrogen-bond acceptors (Lipinski definition) is 3. The Bertz CT molecular complexity index is 1050. The number of thiocarbonyl (C=S) groups is 1. The average molecular weight is 426 g/mol. The number of halogens is 1. The van der Waals surface area contributed by atoms with Crippen LogP contribution in [0.25, 0.3) is 11.5 Å². The number of nitrogens with one attached hydrogen (secondary N) is 1. The van der Waals surface area contributed by atoms with Gasteiger partial charge in [-0.25, -0.2) is 0 Å². The second-order valence-corrected chi connectivity index (χ2v) is 7.25. The van der Waals surface area contributed by atoms with Crippen molar-refractivity contribution >= 4 is 46.0 Å². The van der Waals surface area contributed by atoms with E-state index in [0.29, 0.717) is 27.9 Å². The first-order valence-corrected chi connectivity index (χ1v) is 9.98. The molecule has 3 rings (SSSR count). The highest BCUT2D eigenvalue weighted by Gasteiger charge is 2.24. The van der Waals surface area contributed by atoms with Crippen LogP contribution in [0.3, 0.4) is 0 Å². The quantitative estimate of drug-likeness (QED) is 0.231. The number of aliphatic hydroxyl groups excluding tert-OH is 1. The Hall–Kier alpha value is -2.89. The normalized spacial score (nSPS) is 11.6. The third-order valence-electron chi connectivity index (χ3n) is 4.17. The highest BCUT2D eigenvalue weighted by atomic mass is 35.5. The maximum Gasteiger partial charge on any atom is 0.288 e. The van der Waals surface area contributed by atoms with Gasteiger partial charge in [0.25, 0.3) is 5.70 Å². The fourth-order valence-electron chi connectivity index (χ4n) is 2.84. The summed E-state index contributed by atoms with van der Waals surface area (Å²) < 4.78 is 7.28. The van der Waals surface area contributed by atoms with E-state index < -0.39 is 0 Å². The molecule has 0 unspecified atom stereocenters. The van der Waals surface area contributed by atoms with Crippen LogP contribution in [-0.2, 0) is 0 Å². The molecule has 0 aliphatic heterocycles. The van der Waals surface area contributed by atoms with E-state index in [1.165, 1.54) is 0 Å². The first-order valence-electron chi connectivity index (χ1n) is 9.19. The molecule has 0 amide bonds. The highest BCUT2D eigenvalue weighted by molar-refractivity contribution is 7.81. The maximum absolute atomic E-state index is 11.1. The van der Waals surface area contributed by atoms with Crippen molar-refractivity contribution < 1.29 is 14.4 Å². The third kappa shape index (κ3) is 5.34. The number of aryl methyl sites for hydroxylation is 1. The summed E-state index contributed by atoms with van der Waals surface area (Å²) in [5.41, 5.74) is 2.87. The molecule has 0 spiro atoms. The molecule has 4 nitrogen and oxygen atoms in total. The molecule has 0 saturated heterocycles. The Balaban J connectivity index is 2.00. The lowest BCUT2D eigenvalue weighted by Crippen LogP contribution is -2.38. The fourth-order valence-corrected chi connectivity index (χ4v) is 3.35. The summed E-state index contributed by atoms with van der Waals surface area (Å²) in [5.74, 6) is 0.820. The smallest absolute Gasteiger partial charge is 0.288 e. The molecule has 2 N–H and O–H groups in total. The topological polar surface area (TPSA) is 45.4 Å². The van der Waals surface area contributed by atoms with Gasteiger partial charge >= 0.3 is 0 Å². The van der Waals surface area contributed by atoms with Crippen molar-refractivity contribution in [3.8, 4) is 5.75 Å². The summed E-state index contributed by atoms with van der Waals surface area (Å²) in [6.07, 6.45) is 3.75. The van der Waals surface area contributed by atoms with E-state index in [4.69, 9.17) is 28.6 Å². The molecule has 0 aliphatic rings. The van der Waals surface area contributed by atoms with Gasteiger partial charge in [-0.1, -0.05) is 36.0 Å². The predicted molar refractivity (Wildman–Crippen MR) is 122 cm³/mol. The SMILES string of the molecule is CCOc1ccc(NC(=S)C(=C(O)c2cccc(Cl)c2)[n+]2cccc(C)c2)cc1. The molecule has 6 heteroatoms. The summed E-state index contributed by atoms with van der Waals surface area (Å²) in [7, 11) is 0. The minimum Gasteiger partial charge on any atom is -0.502 e. The zero-order valence-electron chi connectivity index (χ0n) is 16.2. The number of hydrogen-bond donors (Lipinski definition) is 2. The minimum absolute atomic E-state index is 0.0338. The lowest BCUT2D eigenvalue weighted by molar-refractivity contribution is -0.576. The van der Waals surface area contributed by atoms with Crippen molar-refractivity contribution in [2.75, 3.05) is 11.9 Å². The molecular weight excluding hydrogens is 404 g/mol. The molecule has 0 saturated carbocycles. The molecule has 0 radical (unpaired) electrons. The summed E-state index contributed by atoms with van der Waals surface area (Å²) in [5, 5.41) is 14.8. The van der Waals surface area contributed by atoms with Crippen molar-refractivity contribution in [1.29, 1.82) is 0 Å². The number of aromatic nitrogens is 1. The number of aliphatic hydroxyl groups is 1. The largest absolute Gasteiger partial charge is 0.502 e. The zero-order chi connectivity index (χ0) is 20.8. The van der Waals surface area contributed by atoms with Gasteiger partial charge in [0.2, 0.25) is 0 Å². The van der Waals surface area contributed by atoms with Crippen molar-refractivity contribution in [3.63, 3.8) is 0 Å². The van der Waals surface area contributed by atoms with E-state index in [1.807, 2.05) is 62.6 Å². The van der Waals surface area contributed by atoms with Crippen LogP contribution in [0.4, 0.5) is 5.69 Å². The van der Waals surface area contributed by atoms with Crippen LogP contribution in [0.15, 0.2) is 73.1 Å². The Morgan fingerprint density at radius 2 is 1.90 bits per heavy atom. The molecule has 1 heterocycles. The number of nitrogens with zero attached hydrogens (tertiary/aromatic N) is 1. The zero-order valence-corrected chi connectivity index (χ0v) is 17.8. The van der Waals surface area contributed by atoms with Gasteiger partial charge in [0.1, 0.15) is 5.75 Å². The lowest BCUT2D eigenvalue weighted by atomic mass is 10.1. The van der Waals surface area contributed by atoms with Gasteiger partial charge in [0.05, 0.1) is 6.61 Å². The summed E-state index contributed by atoms with van der Waals surface area (Å²) in [6.45, 7) is 4.53. The Labute approximate surface area is 181 Å². The number of rotatable bonds is 6. The molecule has 3 aromatic rings. The van der Waals surface area contributed by atoms with Crippen LogP contribution in [-0.4, -0.2) is 16.7 Å². The van der Waals surface area contributed by atoms with E-state index in [1.54, 1.807) is 28.8 Å². The number of anilines is 1. The van der Waals surface area contributed by atoms with Crippen LogP contribution in [0, 0.1) is 6.92 Å². The fraction of sp³-hybridized carbons (Fsp3) is 0.130. The van der Waals surface area contributed by atoms with Gasteiger partial charge in [0.15, 0.2) is 23.1 Å². The van der Waals surface area contributed by atoms with Gasteiger partial charge in [-0.2, -0.15) is 4.57 Å². The number of ether oxygens (including phenoxy) is 1. The number of pyridine rings is 1. The van der Waals surface area contributed by atoms with E-state index >= 15 is 0 Å². The summed E-state index contributed by atoms with van der Waals surface area (Å²) >= 11 is 11.8. The van der Waals surface area contributed by atoms with E-state index in [9.17, 15) is 5.11 Å². The van der Waals surface area contributed by atoms with E-state index in [-0.39, 0.29) is 5.76 Å². The van der Waals surface area contributed by atoms with Crippen LogP contribution in [0.5, 0.6) is 5.75 Å². The van der Waals surface area contributed by atoms with Crippen molar-refractivity contribution in [2.24, 2.45) is 0 Å². The first kappa shape index (κ1) is 20.8. The van der Waals surface area contributed by atoms with Gasteiger partial charge in [-0.05, 0) is 56.3 Å². The van der Waals surface area contributed by atoms with Crippen molar-refractivity contribution in [2.45, 2.75) is 13.8 Å². The second kappa shape index (κ2) is 9.54. The Morgan fingerprint density at radius 3 is 2.55 bits per heavy atom. The van der Waals surface area contributed by atoms with Crippen LogP contribution in [0.2, 0.25) is 5.02 Å². The highest BCUT2D eigenvalue weighted by Crippen LogP contribution is 2.22. The van der Waals surface area contributed by atoms with Crippen molar-refractivity contribution in [1.82, 2.24) is 0 Å². The molecule has 29 heavy (non-hydrogen) atoms. The van der Waals surface area contributed by atoms with Gasteiger partial charge in [-0.15, -0.1) is 0 Å². The Morgan fingerprint density at radius 1 is 1.14 bits per heavy atom. The standard InChI is InChI=1S/C23H21ClN2O2S/c1-3-28-20-11-9-19(10-12-20)25-23(29)21(26-13-5-6-16(2)15-26)22(27)17-7-4-8-18(24)14-17/h4-15H,3H2,1-2H3,(H-,25,27,29)/p+1. The molecule has 2 aromatic carbocycles. The number of benzene rings is 2. The molecule has 0 aliphatic carbocycles. The predicted octanol–water partition coefficient (Wildman–Crippen LogP) is 5.66. The van der Waals surface area contributed by atoms with E-state index in [0.717, 1.165) is 17.0 Å². The summed E-state index contributed by atoms with van der Waals surface area (Å²) in [6, 6.07) is 18.4. The van der Waals surface area contributed by atoms with Gasteiger partial charge in [-0.3, -0.25) is 0 Å². The van der Waals surface area contributed by atoms with Crippen LogP contribution >= 0.6 is 23.8 Å². The van der Waals surface area contributed by atoms with Crippen molar-refractivity contribution in [3.05, 3.63) is 89.2 Å². The molecule has 0 atom stereocenters. The van der Waals surface area contributed by atoms with Gasteiger partial charge in [0, 0.05) is 27.9 Å². The third-order valence-corrected chi connectivity index (χ3v) is 4.70. The minimum atomic E-state index is 0.0338. The molecule has 1 aromatic heterocycles. The molecule has 0 bridgehead atoms. The molecule has 0 fully saturated rings. The Kier molecular flexibility index (Phi) is 6.86. The monoisotopic (exact) mass is 425 g/mol. The van der Waals surface area contributed by atoms with Gasteiger partial charge < -0.3 is 15.2 Å². The van der Waals surface area contributed by atoms with Crippen LogP contribution < -0.4 is 14.6 Å². The first-order chi connectivity index (χ1) is 14.0. The summed E-state index contributed by atoms with van der Waals surface area (Å²) in [4.78, 5) is 0.377. The molecular formula is C23H22ClN2O2S+. The maximum atomic E-state index is 11.1. The van der Waals surface area contributed by atoms with Crippen LogP contribution in [0.1, 0.15) is 18.1 Å². The molecule has 148 valence electrons. The van der Waals surface area contributed by atoms with E-state index in [2.05, 4.69) is 5.32 Å². The second-order valence-electron chi connectivity index (χ2n) is 6.41.